The molecule has 0 saturated carbocycles. The quantitative estimate of drug-likeness (QED) is 0.497. The number of para-hydroxylation sites is 1. The number of nitrogens with two attached hydrogens (primary N) is 1. The van der Waals surface area contributed by atoms with Crippen LogP contribution < -0.4 is 15.8 Å². The standard InChI is InChI=1S/C24H21N5O2/c1-15-6-5-7-16(2)22(15)28-24-23(27-21-8-3-4-11-29(21)24)18-10-9-17(13-25)12-19(18)31-14-20(26)30/h3-12,28H,14H2,1-2H3,(H2,26,30). The summed E-state index contributed by atoms with van der Waals surface area (Å²) >= 11 is 0. The Morgan fingerprint density at radius 2 is 1.94 bits per heavy atom. The van der Waals surface area contributed by atoms with Gasteiger partial charge in [-0.2, -0.15) is 5.26 Å². The van der Waals surface area contributed by atoms with Gasteiger partial charge in [-0.05, 0) is 55.3 Å². The molecule has 7 heteroatoms. The Kier molecular flexibility index (Phi) is 5.29. The Morgan fingerprint density at radius 1 is 1.16 bits per heavy atom. The van der Waals surface area contributed by atoms with Gasteiger partial charge in [0.1, 0.15) is 22.9 Å². The average Bonchev–Trinajstić information content (AvgIpc) is 3.12. The highest BCUT2D eigenvalue weighted by Crippen LogP contribution is 2.38. The van der Waals surface area contributed by atoms with Crippen molar-refractivity contribution in [2.75, 3.05) is 11.9 Å². The molecule has 0 aliphatic carbocycles. The number of primary amides is 1. The lowest BCUT2D eigenvalue weighted by atomic mass is 10.1. The Morgan fingerprint density at radius 3 is 2.65 bits per heavy atom. The molecule has 0 atom stereocenters. The van der Waals surface area contributed by atoms with E-state index in [0.717, 1.165) is 28.3 Å². The number of hydrogen-bond donors (Lipinski definition) is 2. The lowest BCUT2D eigenvalue weighted by Gasteiger charge is -2.15. The van der Waals surface area contributed by atoms with Gasteiger partial charge in [0.25, 0.3) is 5.91 Å². The summed E-state index contributed by atoms with van der Waals surface area (Å²) in [6, 6.07) is 19.0. The summed E-state index contributed by atoms with van der Waals surface area (Å²) < 4.78 is 7.60. The Hall–Kier alpha value is -4.31. The van der Waals surface area contributed by atoms with Gasteiger partial charge < -0.3 is 15.8 Å². The number of nitriles is 1. The lowest BCUT2D eigenvalue weighted by Crippen LogP contribution is -2.20. The van der Waals surface area contributed by atoms with Gasteiger partial charge in [-0.25, -0.2) is 4.98 Å². The highest BCUT2D eigenvalue weighted by molar-refractivity contribution is 5.84. The number of nitrogens with one attached hydrogen (secondary N) is 1. The van der Waals surface area contributed by atoms with E-state index in [0.29, 0.717) is 22.6 Å². The van der Waals surface area contributed by atoms with Gasteiger partial charge in [-0.15, -0.1) is 0 Å². The van der Waals surface area contributed by atoms with Crippen molar-refractivity contribution < 1.29 is 9.53 Å². The number of aromatic nitrogens is 2. The number of pyridine rings is 1. The minimum Gasteiger partial charge on any atom is -0.483 e. The van der Waals surface area contributed by atoms with Crippen LogP contribution in [0.25, 0.3) is 16.9 Å². The Balaban J connectivity index is 1.92. The third-order valence-electron chi connectivity index (χ3n) is 4.99. The lowest BCUT2D eigenvalue weighted by molar-refractivity contribution is -0.119. The van der Waals surface area contributed by atoms with Crippen molar-refractivity contribution in [3.8, 4) is 23.1 Å². The molecule has 4 aromatic rings. The van der Waals surface area contributed by atoms with Crippen LogP contribution in [0.2, 0.25) is 0 Å². The minimum atomic E-state index is -0.600. The molecule has 0 spiro atoms. The van der Waals surface area contributed by atoms with Gasteiger partial charge in [0.05, 0.1) is 11.6 Å². The number of fused-ring (bicyclic) bond motifs is 1. The monoisotopic (exact) mass is 411 g/mol. The summed E-state index contributed by atoms with van der Waals surface area (Å²) in [7, 11) is 0. The van der Waals surface area contributed by atoms with E-state index in [1.807, 2.05) is 60.8 Å². The van der Waals surface area contributed by atoms with Crippen LogP contribution in [0.15, 0.2) is 60.8 Å². The maximum absolute atomic E-state index is 11.3. The van der Waals surface area contributed by atoms with Crippen LogP contribution in [0.1, 0.15) is 16.7 Å². The van der Waals surface area contributed by atoms with E-state index >= 15 is 0 Å². The summed E-state index contributed by atoms with van der Waals surface area (Å²) in [6.45, 7) is 3.79. The number of rotatable bonds is 6. The van der Waals surface area contributed by atoms with Gasteiger partial charge in [0.2, 0.25) is 0 Å². The van der Waals surface area contributed by atoms with E-state index in [1.165, 1.54) is 0 Å². The average molecular weight is 411 g/mol. The van der Waals surface area contributed by atoms with Crippen molar-refractivity contribution in [2.24, 2.45) is 5.73 Å². The zero-order valence-corrected chi connectivity index (χ0v) is 17.2. The molecule has 4 rings (SSSR count). The first-order valence-corrected chi connectivity index (χ1v) is 9.74. The zero-order valence-electron chi connectivity index (χ0n) is 17.2. The second-order valence-corrected chi connectivity index (χ2v) is 7.21. The van der Waals surface area contributed by atoms with E-state index in [-0.39, 0.29) is 6.61 Å². The van der Waals surface area contributed by atoms with Crippen molar-refractivity contribution in [3.05, 3.63) is 77.5 Å². The van der Waals surface area contributed by atoms with Gasteiger partial charge in [-0.1, -0.05) is 24.3 Å². The predicted molar refractivity (Wildman–Crippen MR) is 119 cm³/mol. The van der Waals surface area contributed by atoms with Crippen molar-refractivity contribution >= 4 is 23.1 Å². The van der Waals surface area contributed by atoms with Crippen LogP contribution in [-0.4, -0.2) is 21.9 Å². The van der Waals surface area contributed by atoms with E-state index in [4.69, 9.17) is 15.5 Å². The van der Waals surface area contributed by atoms with Gasteiger partial charge in [0, 0.05) is 17.4 Å². The topological polar surface area (TPSA) is 105 Å². The minimum absolute atomic E-state index is 0.297. The first kappa shape index (κ1) is 20.0. The molecule has 0 aliphatic heterocycles. The second-order valence-electron chi connectivity index (χ2n) is 7.21. The molecule has 7 nitrogen and oxygen atoms in total. The van der Waals surface area contributed by atoms with Gasteiger partial charge in [0.15, 0.2) is 6.61 Å². The summed E-state index contributed by atoms with van der Waals surface area (Å²) in [5, 5.41) is 12.8. The zero-order chi connectivity index (χ0) is 22.0. The second kappa shape index (κ2) is 8.20. The van der Waals surface area contributed by atoms with Gasteiger partial charge in [-0.3, -0.25) is 9.20 Å². The highest BCUT2D eigenvalue weighted by Gasteiger charge is 2.20. The number of nitrogens with zero attached hydrogens (tertiary/aromatic N) is 3. The fourth-order valence-electron chi connectivity index (χ4n) is 3.49. The molecule has 0 aliphatic rings. The molecule has 0 saturated heterocycles. The number of aryl methyl sites for hydroxylation is 2. The molecule has 0 unspecified atom stereocenters. The Bertz CT molecular complexity index is 1310. The number of imidazole rings is 1. The Labute approximate surface area is 179 Å². The third-order valence-corrected chi connectivity index (χ3v) is 4.99. The normalized spacial score (nSPS) is 10.6. The third kappa shape index (κ3) is 3.91. The molecule has 0 bridgehead atoms. The first-order chi connectivity index (χ1) is 15.0. The number of carbonyl (C=O) groups excluding carboxylic acids is 1. The van der Waals surface area contributed by atoms with Crippen molar-refractivity contribution in [1.82, 2.24) is 9.38 Å². The van der Waals surface area contributed by atoms with Crippen molar-refractivity contribution in [3.63, 3.8) is 0 Å². The number of ether oxygens (including phenoxy) is 1. The fourth-order valence-corrected chi connectivity index (χ4v) is 3.49. The van der Waals surface area contributed by atoms with Gasteiger partial charge >= 0.3 is 0 Å². The summed E-state index contributed by atoms with van der Waals surface area (Å²) in [5.74, 6) is 0.518. The first-order valence-electron chi connectivity index (χ1n) is 9.74. The van der Waals surface area contributed by atoms with E-state index in [2.05, 4.69) is 11.4 Å². The molecule has 3 N–H and O–H groups in total. The largest absolute Gasteiger partial charge is 0.483 e. The van der Waals surface area contributed by atoms with Crippen molar-refractivity contribution in [2.45, 2.75) is 13.8 Å². The molecule has 1 amide bonds. The maximum atomic E-state index is 11.3. The van der Waals surface area contributed by atoms with Crippen LogP contribution in [0.4, 0.5) is 11.5 Å². The highest BCUT2D eigenvalue weighted by atomic mass is 16.5. The predicted octanol–water partition coefficient (Wildman–Crippen LogP) is 4.10. The smallest absolute Gasteiger partial charge is 0.255 e. The SMILES string of the molecule is Cc1cccc(C)c1Nc1c(-c2ccc(C#N)cc2OCC(N)=O)nc2ccccn12. The van der Waals surface area contributed by atoms with E-state index in [9.17, 15) is 10.1 Å². The van der Waals surface area contributed by atoms with Crippen LogP contribution in [0.3, 0.4) is 0 Å². The number of anilines is 2. The number of benzene rings is 2. The summed E-state index contributed by atoms with van der Waals surface area (Å²) in [4.78, 5) is 16.1. The fraction of sp³-hybridized carbons (Fsp3) is 0.125. The number of carbonyl (C=O) groups is 1. The molecule has 2 aromatic heterocycles. The van der Waals surface area contributed by atoms with Crippen LogP contribution >= 0.6 is 0 Å². The molecule has 154 valence electrons. The van der Waals surface area contributed by atoms with Crippen molar-refractivity contribution in [1.29, 1.82) is 5.26 Å². The number of amides is 1. The molecule has 2 heterocycles. The van der Waals surface area contributed by atoms with E-state index < -0.39 is 5.91 Å². The van der Waals surface area contributed by atoms with Crippen LogP contribution in [0.5, 0.6) is 5.75 Å². The molecular formula is C24H21N5O2. The molecule has 31 heavy (non-hydrogen) atoms. The van der Waals surface area contributed by atoms with Crippen LogP contribution in [0, 0.1) is 25.2 Å². The summed E-state index contributed by atoms with van der Waals surface area (Å²) in [5.41, 5.74) is 10.9. The molecule has 0 fully saturated rings. The van der Waals surface area contributed by atoms with Crippen LogP contribution in [-0.2, 0) is 4.79 Å². The summed E-state index contributed by atoms with van der Waals surface area (Å²) in [6.07, 6.45) is 1.93. The van der Waals surface area contributed by atoms with E-state index in [1.54, 1.807) is 18.2 Å². The molecule has 0 radical (unpaired) electrons. The molecule has 2 aromatic carbocycles. The number of hydrogen-bond acceptors (Lipinski definition) is 5. The maximum Gasteiger partial charge on any atom is 0.255 e. The molecular weight excluding hydrogens is 390 g/mol.